The summed E-state index contributed by atoms with van der Waals surface area (Å²) in [7, 11) is -7.54. The predicted molar refractivity (Wildman–Crippen MR) is 190 cm³/mol. The van der Waals surface area contributed by atoms with Crippen molar-refractivity contribution in [2.45, 2.75) is 63.0 Å². The lowest BCUT2D eigenvalue weighted by Crippen LogP contribution is -2.45. The molecule has 2 N–H and O–H groups in total. The SMILES string of the molecule is CCCCS(=O)(=O)Nc1ccc(Cl)c(NC(=O)C(Oc2ccc(S(=O)(=O)c3ccc(OCc4ccccc4)cc3)cc2)C(=O)C(C)(C)C)c1. The summed E-state index contributed by atoms with van der Waals surface area (Å²) in [6.07, 6.45) is -0.470. The normalized spacial score (nSPS) is 12.5. The Morgan fingerprint density at radius 3 is 1.98 bits per heavy atom. The molecule has 0 aliphatic heterocycles. The minimum absolute atomic E-state index is 0.0223. The van der Waals surface area contributed by atoms with E-state index in [2.05, 4.69) is 10.0 Å². The van der Waals surface area contributed by atoms with Crippen molar-refractivity contribution in [1.29, 1.82) is 0 Å². The van der Waals surface area contributed by atoms with Crippen LogP contribution in [-0.2, 0) is 36.1 Å². The van der Waals surface area contributed by atoms with Gasteiger partial charge in [-0.1, -0.05) is 76.0 Å². The Hall–Kier alpha value is -4.39. The molecule has 0 aliphatic carbocycles. The molecule has 0 radical (unpaired) electrons. The summed E-state index contributed by atoms with van der Waals surface area (Å²) in [5.41, 5.74) is 0.228. The van der Waals surface area contributed by atoms with E-state index in [-0.39, 0.29) is 37.7 Å². The summed E-state index contributed by atoms with van der Waals surface area (Å²) in [5.74, 6) is -0.881. The van der Waals surface area contributed by atoms with Crippen LogP contribution in [-0.4, -0.2) is 40.4 Å². The molecule has 1 amide bonds. The molecule has 1 unspecified atom stereocenters. The smallest absolute Gasteiger partial charge is 0.273 e. The molecule has 4 rings (SSSR count). The molecule has 4 aromatic carbocycles. The van der Waals surface area contributed by atoms with Crippen LogP contribution in [0.3, 0.4) is 0 Å². The molecule has 49 heavy (non-hydrogen) atoms. The summed E-state index contributed by atoms with van der Waals surface area (Å²) in [5, 5.41) is 2.68. The first-order chi connectivity index (χ1) is 23.1. The van der Waals surface area contributed by atoms with Gasteiger partial charge in [0.15, 0.2) is 5.78 Å². The van der Waals surface area contributed by atoms with E-state index in [0.29, 0.717) is 25.2 Å². The van der Waals surface area contributed by atoms with Crippen molar-refractivity contribution in [3.63, 3.8) is 0 Å². The third-order valence-electron chi connectivity index (χ3n) is 7.25. The standard InChI is InChI=1S/C36H39ClN2O8S2/c1-5-6-22-48(42,43)39-26-12-21-31(37)32(23-26)38-35(41)33(34(40)36(2,3)4)47-28-15-19-30(20-16-28)49(44,45)29-17-13-27(14-18-29)46-24-25-10-8-7-9-11-25/h7-21,23,33,39H,5-6,22,24H2,1-4H3,(H,38,41). The molecule has 0 fully saturated rings. The van der Waals surface area contributed by atoms with Gasteiger partial charge in [0.2, 0.25) is 26.0 Å². The van der Waals surface area contributed by atoms with E-state index in [4.69, 9.17) is 21.1 Å². The van der Waals surface area contributed by atoms with Crippen molar-refractivity contribution >= 4 is 54.5 Å². The number of carbonyl (C=O) groups excluding carboxylic acids is 2. The van der Waals surface area contributed by atoms with Gasteiger partial charge in [-0.3, -0.25) is 14.3 Å². The number of Topliss-reactive ketones (excluding diaryl/α,β-unsaturated/α-hetero) is 1. The average molecular weight is 727 g/mol. The number of halogens is 1. The number of ketones is 1. The van der Waals surface area contributed by atoms with E-state index in [9.17, 15) is 26.4 Å². The Bertz CT molecular complexity index is 1980. The number of nitrogens with one attached hydrogen (secondary N) is 2. The highest BCUT2D eigenvalue weighted by Gasteiger charge is 2.37. The molecule has 10 nitrogen and oxygen atoms in total. The van der Waals surface area contributed by atoms with Gasteiger partial charge in [0.1, 0.15) is 18.1 Å². The Labute approximate surface area is 292 Å². The van der Waals surface area contributed by atoms with Crippen LogP contribution in [0.5, 0.6) is 11.5 Å². The third kappa shape index (κ3) is 10.3. The number of rotatable bonds is 15. The average Bonchev–Trinajstić information content (AvgIpc) is 3.07. The van der Waals surface area contributed by atoms with Crippen LogP contribution < -0.4 is 19.5 Å². The molecule has 0 aromatic heterocycles. The summed E-state index contributed by atoms with van der Waals surface area (Å²) in [6, 6.07) is 25.3. The number of amides is 1. The predicted octanol–water partition coefficient (Wildman–Crippen LogP) is 7.29. The van der Waals surface area contributed by atoms with Crippen molar-refractivity contribution in [1.82, 2.24) is 0 Å². The maximum atomic E-state index is 13.5. The van der Waals surface area contributed by atoms with Crippen LogP contribution in [0.1, 0.15) is 46.1 Å². The number of benzene rings is 4. The van der Waals surface area contributed by atoms with Crippen molar-refractivity contribution in [2.75, 3.05) is 15.8 Å². The molecule has 0 saturated heterocycles. The number of anilines is 2. The van der Waals surface area contributed by atoms with Gasteiger partial charge in [-0.2, -0.15) is 0 Å². The summed E-state index contributed by atoms with van der Waals surface area (Å²) < 4.78 is 65.6. The minimum atomic E-state index is -3.91. The second-order valence-electron chi connectivity index (χ2n) is 12.3. The van der Waals surface area contributed by atoms with Crippen molar-refractivity contribution < 1.29 is 35.9 Å². The number of ether oxygens (including phenoxy) is 2. The lowest BCUT2D eigenvalue weighted by Gasteiger charge is -2.25. The Kier molecular flexibility index (Phi) is 12.1. The molecule has 0 bridgehead atoms. The zero-order valence-corrected chi connectivity index (χ0v) is 30.0. The number of unbranched alkanes of at least 4 members (excludes halogenated alkanes) is 1. The summed E-state index contributed by atoms with van der Waals surface area (Å²) in [6.45, 7) is 7.11. The first-order valence-corrected chi connectivity index (χ1v) is 19.0. The first-order valence-electron chi connectivity index (χ1n) is 15.5. The summed E-state index contributed by atoms with van der Waals surface area (Å²) >= 11 is 6.31. The lowest BCUT2D eigenvalue weighted by atomic mass is 9.87. The van der Waals surface area contributed by atoms with Gasteiger partial charge in [0.25, 0.3) is 5.91 Å². The maximum absolute atomic E-state index is 13.5. The second kappa shape index (κ2) is 15.9. The van der Waals surface area contributed by atoms with Gasteiger partial charge in [-0.05, 0) is 78.7 Å². The highest BCUT2D eigenvalue weighted by atomic mass is 35.5. The molecule has 0 aliphatic rings. The van der Waals surface area contributed by atoms with E-state index in [1.165, 1.54) is 54.6 Å². The third-order valence-corrected chi connectivity index (χ3v) is 10.7. The highest BCUT2D eigenvalue weighted by Crippen LogP contribution is 2.29. The van der Waals surface area contributed by atoms with Gasteiger partial charge in [0.05, 0.1) is 31.9 Å². The van der Waals surface area contributed by atoms with E-state index < -0.39 is 43.1 Å². The van der Waals surface area contributed by atoms with Crippen LogP contribution in [0.25, 0.3) is 0 Å². The number of hydrogen-bond acceptors (Lipinski definition) is 8. The van der Waals surface area contributed by atoms with Crippen molar-refractivity contribution in [2.24, 2.45) is 5.41 Å². The van der Waals surface area contributed by atoms with Crippen LogP contribution in [0.2, 0.25) is 5.02 Å². The summed E-state index contributed by atoms with van der Waals surface area (Å²) in [4.78, 5) is 26.9. The molecule has 260 valence electrons. The zero-order chi connectivity index (χ0) is 35.8. The zero-order valence-electron chi connectivity index (χ0n) is 27.6. The van der Waals surface area contributed by atoms with Gasteiger partial charge in [-0.15, -0.1) is 0 Å². The molecule has 0 heterocycles. The first kappa shape index (κ1) is 37.4. The number of hydrogen-bond donors (Lipinski definition) is 2. The fraction of sp³-hybridized carbons (Fsp3) is 0.278. The highest BCUT2D eigenvalue weighted by molar-refractivity contribution is 7.92. The van der Waals surface area contributed by atoms with E-state index in [1.807, 2.05) is 37.3 Å². The molecular weight excluding hydrogens is 688 g/mol. The number of sulfonamides is 1. The molecule has 1 atom stereocenters. The Morgan fingerprint density at radius 1 is 0.816 bits per heavy atom. The largest absolute Gasteiger partial charge is 0.489 e. The molecule has 0 saturated carbocycles. The Morgan fingerprint density at radius 2 is 1.41 bits per heavy atom. The van der Waals surface area contributed by atoms with Crippen molar-refractivity contribution in [3.8, 4) is 11.5 Å². The lowest BCUT2D eigenvalue weighted by molar-refractivity contribution is -0.140. The number of sulfone groups is 1. The fourth-order valence-electron chi connectivity index (χ4n) is 4.49. The topological polar surface area (TPSA) is 145 Å². The molecular formula is C36H39ClN2O8S2. The van der Waals surface area contributed by atoms with Crippen molar-refractivity contribution in [3.05, 3.63) is 108 Å². The van der Waals surface area contributed by atoms with E-state index in [1.54, 1.807) is 32.9 Å². The van der Waals surface area contributed by atoms with Gasteiger partial charge < -0.3 is 14.8 Å². The van der Waals surface area contributed by atoms with E-state index >= 15 is 0 Å². The van der Waals surface area contributed by atoms with Crippen LogP contribution in [0.15, 0.2) is 107 Å². The van der Waals surface area contributed by atoms with E-state index in [0.717, 1.165) is 5.56 Å². The van der Waals surface area contributed by atoms with Gasteiger partial charge >= 0.3 is 0 Å². The molecule has 0 spiro atoms. The molecule has 4 aromatic rings. The maximum Gasteiger partial charge on any atom is 0.273 e. The Balaban J connectivity index is 1.49. The monoisotopic (exact) mass is 726 g/mol. The van der Waals surface area contributed by atoms with Crippen LogP contribution in [0, 0.1) is 5.41 Å². The fourth-order valence-corrected chi connectivity index (χ4v) is 7.18. The second-order valence-corrected chi connectivity index (χ2v) is 16.5. The number of carbonyl (C=O) groups is 2. The molecule has 13 heteroatoms. The minimum Gasteiger partial charge on any atom is -0.489 e. The van der Waals surface area contributed by atoms with Crippen LogP contribution in [0.4, 0.5) is 11.4 Å². The van der Waals surface area contributed by atoms with Gasteiger partial charge in [-0.25, -0.2) is 16.8 Å². The van der Waals surface area contributed by atoms with Crippen LogP contribution >= 0.6 is 11.6 Å². The quantitative estimate of drug-likeness (QED) is 0.122. The van der Waals surface area contributed by atoms with Gasteiger partial charge in [0, 0.05) is 5.41 Å².